The molecule has 35 heavy (non-hydrogen) atoms. The molecule has 0 N–H and O–H groups in total. The Labute approximate surface area is 215 Å². The summed E-state index contributed by atoms with van der Waals surface area (Å²) in [6, 6.07) is 33.1. The second kappa shape index (κ2) is 14.6. The van der Waals surface area contributed by atoms with Crippen LogP contribution in [0.1, 0.15) is 84.0 Å². The van der Waals surface area contributed by atoms with Gasteiger partial charge in [0, 0.05) is 0 Å². The molecular weight excluding hydrogens is 443 g/mol. The fourth-order valence-electron chi connectivity index (χ4n) is 5.73. The van der Waals surface area contributed by atoms with Gasteiger partial charge in [0.25, 0.3) is 0 Å². The van der Waals surface area contributed by atoms with Crippen LogP contribution in [-0.4, -0.2) is 13.3 Å². The van der Waals surface area contributed by atoms with E-state index in [9.17, 15) is 0 Å². The Balaban J connectivity index is 1.71. The first-order chi connectivity index (χ1) is 17.3. The summed E-state index contributed by atoms with van der Waals surface area (Å²) < 4.78 is 6.91. The van der Waals surface area contributed by atoms with Gasteiger partial charge in [0.05, 0.1) is 0 Å². The van der Waals surface area contributed by atoms with Gasteiger partial charge in [-0.1, -0.05) is 13.3 Å². The van der Waals surface area contributed by atoms with Gasteiger partial charge in [-0.15, -0.1) is 0 Å². The number of hydrogen-bond acceptors (Lipinski definition) is 1. The third-order valence-electron chi connectivity index (χ3n) is 7.75. The van der Waals surface area contributed by atoms with Gasteiger partial charge in [-0.3, -0.25) is 0 Å². The van der Waals surface area contributed by atoms with Crippen molar-refractivity contribution in [2.24, 2.45) is 0 Å². The van der Waals surface area contributed by atoms with E-state index in [1.54, 1.807) is 0 Å². The monoisotopic (exact) mass is 490 g/mol. The number of unbranched alkanes of at least 4 members (excludes halogenated alkanes) is 11. The van der Waals surface area contributed by atoms with Crippen LogP contribution in [0.25, 0.3) is 0 Å². The Morgan fingerprint density at radius 2 is 0.771 bits per heavy atom. The first kappa shape index (κ1) is 27.6. The van der Waals surface area contributed by atoms with Crippen LogP contribution in [0.15, 0.2) is 91.0 Å². The summed E-state index contributed by atoms with van der Waals surface area (Å²) in [6.45, 7) is -0.768. The second-order valence-electron chi connectivity index (χ2n) is 10.0. The molecule has 190 valence electrons. The summed E-state index contributed by atoms with van der Waals surface area (Å²) in [6.07, 6.45) is 17.4. The first-order valence-electron chi connectivity index (χ1n) is 14.0. The zero-order valence-corrected chi connectivity index (χ0v) is 23.1. The molecule has 3 aromatic rings. The van der Waals surface area contributed by atoms with Gasteiger partial charge < -0.3 is 0 Å². The Hall–Kier alpha value is -1.95. The molecule has 0 saturated carbocycles. The van der Waals surface area contributed by atoms with Crippen LogP contribution in [0.4, 0.5) is 0 Å². The SMILES string of the molecule is CCCCCCCCCCCCCCP(OC)(c1ccccc1)(c1ccccc1)c1ccccc1. The quantitative estimate of drug-likeness (QED) is 0.136. The summed E-state index contributed by atoms with van der Waals surface area (Å²) in [4.78, 5) is 0. The number of hydrogen-bond donors (Lipinski definition) is 0. The standard InChI is InChI=1S/C33H47OP/c1-3-4-5-6-7-8-9-10-11-12-13-23-30-35(34-2,31-24-17-14-18-25-31,32-26-19-15-20-27-32)33-28-21-16-22-29-33/h14-22,24-29H,3-13,23,30H2,1-2H3. The molecule has 0 amide bonds. The molecule has 0 heterocycles. The van der Waals surface area contributed by atoms with E-state index >= 15 is 0 Å². The minimum absolute atomic E-state index is 1.05. The molecule has 0 unspecified atom stereocenters. The maximum atomic E-state index is 6.91. The maximum absolute atomic E-state index is 6.91. The summed E-state index contributed by atoms with van der Waals surface area (Å²) >= 11 is 0. The predicted octanol–water partition coefficient (Wildman–Crippen LogP) is 8.78. The molecule has 0 aliphatic heterocycles. The molecule has 0 saturated heterocycles. The van der Waals surface area contributed by atoms with Crippen LogP contribution in [0.3, 0.4) is 0 Å². The average Bonchev–Trinajstić information content (AvgIpc) is 2.93. The van der Waals surface area contributed by atoms with Crippen molar-refractivity contribution in [1.29, 1.82) is 0 Å². The van der Waals surface area contributed by atoms with Gasteiger partial charge in [0.15, 0.2) is 0 Å². The van der Waals surface area contributed by atoms with Crippen molar-refractivity contribution in [2.75, 3.05) is 13.3 Å². The Morgan fingerprint density at radius 3 is 1.09 bits per heavy atom. The molecule has 0 bridgehead atoms. The van der Waals surface area contributed by atoms with Gasteiger partial charge >= 0.3 is 202 Å². The van der Waals surface area contributed by atoms with Crippen LogP contribution < -0.4 is 15.9 Å². The van der Waals surface area contributed by atoms with Crippen LogP contribution in [0.5, 0.6) is 0 Å². The van der Waals surface area contributed by atoms with E-state index in [0.29, 0.717) is 0 Å². The molecule has 3 aromatic carbocycles. The molecule has 0 radical (unpaired) electrons. The van der Waals surface area contributed by atoms with Gasteiger partial charge in [-0.25, -0.2) is 0 Å². The molecule has 0 fully saturated rings. The second-order valence-corrected chi connectivity index (χ2v) is 14.8. The van der Waals surface area contributed by atoms with Crippen molar-refractivity contribution >= 4 is 22.7 Å². The van der Waals surface area contributed by atoms with Gasteiger partial charge in [-0.2, -0.15) is 0 Å². The molecule has 3 rings (SSSR count). The molecule has 0 aromatic heterocycles. The van der Waals surface area contributed by atoms with Crippen molar-refractivity contribution in [1.82, 2.24) is 0 Å². The Bertz CT molecular complexity index is 839. The molecule has 0 spiro atoms. The Kier molecular flexibility index (Phi) is 11.5. The van der Waals surface area contributed by atoms with Crippen LogP contribution in [0.2, 0.25) is 0 Å². The average molecular weight is 491 g/mol. The zero-order valence-electron chi connectivity index (χ0n) is 22.2. The van der Waals surface area contributed by atoms with E-state index in [2.05, 4.69) is 97.9 Å². The molecule has 0 aliphatic carbocycles. The van der Waals surface area contributed by atoms with E-state index in [1.165, 1.54) is 93.0 Å². The van der Waals surface area contributed by atoms with Gasteiger partial charge in [0.1, 0.15) is 0 Å². The van der Waals surface area contributed by atoms with Crippen molar-refractivity contribution in [2.45, 2.75) is 84.0 Å². The summed E-state index contributed by atoms with van der Waals surface area (Å²) in [5, 5.41) is 4.00. The minimum atomic E-state index is -3.06. The van der Waals surface area contributed by atoms with Crippen LogP contribution in [-0.2, 0) is 4.52 Å². The normalized spacial score (nSPS) is 12.8. The topological polar surface area (TPSA) is 9.23 Å². The zero-order chi connectivity index (χ0) is 24.7. The van der Waals surface area contributed by atoms with Crippen molar-refractivity contribution in [3.05, 3.63) is 91.0 Å². The molecule has 2 heteroatoms. The Morgan fingerprint density at radius 1 is 0.457 bits per heavy atom. The van der Waals surface area contributed by atoms with Crippen molar-refractivity contribution in [3.63, 3.8) is 0 Å². The predicted molar refractivity (Wildman–Crippen MR) is 158 cm³/mol. The molecule has 0 atom stereocenters. The van der Waals surface area contributed by atoms with Crippen LogP contribution >= 0.6 is 6.83 Å². The van der Waals surface area contributed by atoms with Crippen molar-refractivity contribution in [3.8, 4) is 0 Å². The summed E-state index contributed by atoms with van der Waals surface area (Å²) in [5.41, 5.74) is 0. The fraction of sp³-hybridized carbons (Fsp3) is 0.455. The first-order valence-corrected chi connectivity index (χ1v) is 16.4. The van der Waals surface area contributed by atoms with E-state index in [0.717, 1.165) is 6.16 Å². The molecule has 1 nitrogen and oxygen atoms in total. The van der Waals surface area contributed by atoms with Gasteiger partial charge in [0.2, 0.25) is 0 Å². The molecule has 0 aliphatic rings. The van der Waals surface area contributed by atoms with Crippen molar-refractivity contribution < 1.29 is 4.52 Å². The fourth-order valence-corrected chi connectivity index (χ4v) is 11.4. The third kappa shape index (κ3) is 6.63. The third-order valence-corrected chi connectivity index (χ3v) is 13.9. The van der Waals surface area contributed by atoms with E-state index < -0.39 is 6.83 Å². The number of rotatable bonds is 17. The van der Waals surface area contributed by atoms with Crippen LogP contribution in [0, 0.1) is 0 Å². The summed E-state index contributed by atoms with van der Waals surface area (Å²) in [5.74, 6) is 0. The van der Waals surface area contributed by atoms with Gasteiger partial charge in [-0.05, 0) is 0 Å². The van der Waals surface area contributed by atoms with E-state index in [-0.39, 0.29) is 0 Å². The van der Waals surface area contributed by atoms with E-state index in [4.69, 9.17) is 4.52 Å². The summed E-state index contributed by atoms with van der Waals surface area (Å²) in [7, 11) is 1.95. The molecular formula is C33H47OP. The van der Waals surface area contributed by atoms with E-state index in [1.807, 2.05) is 7.11 Å². The number of benzene rings is 3.